The van der Waals surface area contributed by atoms with Crippen LogP contribution in [0.4, 0.5) is 0 Å². The van der Waals surface area contributed by atoms with E-state index >= 15 is 0 Å². The zero-order valence-electron chi connectivity index (χ0n) is 11.4. The van der Waals surface area contributed by atoms with Crippen molar-refractivity contribution in [3.05, 3.63) is 76.8 Å². The Hall–Kier alpha value is -3.15. The van der Waals surface area contributed by atoms with Crippen molar-refractivity contribution in [2.24, 2.45) is 0 Å². The minimum absolute atomic E-state index is 0.0905. The number of carboxylic acids is 1. The lowest BCUT2D eigenvalue weighted by Crippen LogP contribution is -2.29. The first-order valence-corrected chi connectivity index (χ1v) is 6.59. The molecule has 22 heavy (non-hydrogen) atoms. The molecule has 6 heteroatoms. The summed E-state index contributed by atoms with van der Waals surface area (Å²) in [7, 11) is 0. The fourth-order valence-corrected chi connectivity index (χ4v) is 2.17. The zero-order chi connectivity index (χ0) is 15.5. The van der Waals surface area contributed by atoms with Gasteiger partial charge in [-0.05, 0) is 17.7 Å². The Kier molecular flexibility index (Phi) is 3.57. The number of rotatable bonds is 4. The number of hydrogen-bond acceptors (Lipinski definition) is 4. The molecular formula is C16H12N2O4. The fraction of sp³-hybridized carbons (Fsp3) is 0.0625. The molecule has 0 spiro atoms. The predicted octanol–water partition coefficient (Wildman–Crippen LogP) is 2.18. The molecular weight excluding hydrogens is 284 g/mol. The van der Waals surface area contributed by atoms with Crippen LogP contribution in [0.5, 0.6) is 0 Å². The molecule has 1 aromatic heterocycles. The van der Waals surface area contributed by atoms with Gasteiger partial charge in [0.2, 0.25) is 5.89 Å². The quantitative estimate of drug-likeness (QED) is 0.797. The molecule has 0 amide bonds. The largest absolute Gasteiger partial charge is 0.479 e. The normalized spacial score (nSPS) is 12.0. The highest BCUT2D eigenvalue weighted by molar-refractivity contribution is 5.75. The Labute approximate surface area is 125 Å². The molecule has 2 aromatic carbocycles. The van der Waals surface area contributed by atoms with Gasteiger partial charge in [-0.25, -0.2) is 9.59 Å². The molecule has 0 radical (unpaired) electrons. The Morgan fingerprint density at radius 2 is 1.64 bits per heavy atom. The van der Waals surface area contributed by atoms with Gasteiger partial charge in [-0.15, -0.1) is 5.10 Å². The standard InChI is InChI=1S/C16H12N2O4/c19-15(20)13(11-7-3-1-4-8-11)18-16(21)22-14(17-18)12-9-5-2-6-10-12/h1-10,13H,(H,19,20). The predicted molar refractivity (Wildman–Crippen MR) is 78.4 cm³/mol. The summed E-state index contributed by atoms with van der Waals surface area (Å²) < 4.78 is 5.93. The van der Waals surface area contributed by atoms with Crippen LogP contribution in [0.15, 0.2) is 69.9 Å². The third-order valence-electron chi connectivity index (χ3n) is 3.18. The van der Waals surface area contributed by atoms with E-state index in [1.807, 2.05) is 6.07 Å². The molecule has 0 aliphatic carbocycles. The fourth-order valence-electron chi connectivity index (χ4n) is 2.17. The number of hydrogen-bond donors (Lipinski definition) is 1. The lowest BCUT2D eigenvalue weighted by atomic mass is 10.1. The molecule has 1 atom stereocenters. The van der Waals surface area contributed by atoms with Crippen LogP contribution in [-0.4, -0.2) is 20.9 Å². The molecule has 3 rings (SSSR count). The van der Waals surface area contributed by atoms with E-state index in [-0.39, 0.29) is 5.89 Å². The third-order valence-corrected chi connectivity index (χ3v) is 3.18. The summed E-state index contributed by atoms with van der Waals surface area (Å²) in [6.07, 6.45) is 0. The van der Waals surface area contributed by atoms with Gasteiger partial charge in [-0.1, -0.05) is 48.5 Å². The van der Waals surface area contributed by atoms with Gasteiger partial charge in [0.25, 0.3) is 0 Å². The van der Waals surface area contributed by atoms with Crippen molar-refractivity contribution >= 4 is 5.97 Å². The smallest absolute Gasteiger partial charge is 0.438 e. The second-order valence-electron chi connectivity index (χ2n) is 4.64. The van der Waals surface area contributed by atoms with Crippen molar-refractivity contribution in [3.8, 4) is 11.5 Å². The highest BCUT2D eigenvalue weighted by Crippen LogP contribution is 2.19. The molecule has 1 heterocycles. The highest BCUT2D eigenvalue weighted by atomic mass is 16.4. The Bertz CT molecular complexity index is 837. The topological polar surface area (TPSA) is 85.3 Å². The van der Waals surface area contributed by atoms with E-state index in [9.17, 15) is 14.7 Å². The molecule has 3 aromatic rings. The molecule has 1 unspecified atom stereocenters. The summed E-state index contributed by atoms with van der Waals surface area (Å²) in [5.41, 5.74) is 1.06. The summed E-state index contributed by atoms with van der Waals surface area (Å²) in [5.74, 6) is -1.90. The van der Waals surface area contributed by atoms with Crippen molar-refractivity contribution < 1.29 is 14.3 Å². The molecule has 0 saturated heterocycles. The third kappa shape index (κ3) is 2.54. The van der Waals surface area contributed by atoms with Gasteiger partial charge in [0, 0.05) is 5.56 Å². The van der Waals surface area contributed by atoms with Gasteiger partial charge >= 0.3 is 11.7 Å². The van der Waals surface area contributed by atoms with Gasteiger partial charge in [0.1, 0.15) is 0 Å². The van der Waals surface area contributed by atoms with Crippen molar-refractivity contribution in [2.75, 3.05) is 0 Å². The van der Waals surface area contributed by atoms with Crippen LogP contribution in [0, 0.1) is 0 Å². The maximum absolute atomic E-state index is 12.0. The van der Waals surface area contributed by atoms with Gasteiger partial charge in [0.15, 0.2) is 6.04 Å². The number of carboxylic acid groups (broad SMARTS) is 1. The van der Waals surface area contributed by atoms with E-state index in [1.165, 1.54) is 0 Å². The lowest BCUT2D eigenvalue weighted by Gasteiger charge is -2.10. The first kappa shape index (κ1) is 13.8. The number of carbonyl (C=O) groups is 1. The van der Waals surface area contributed by atoms with Gasteiger partial charge < -0.3 is 9.52 Å². The summed E-state index contributed by atoms with van der Waals surface area (Å²) in [5, 5.41) is 13.5. The van der Waals surface area contributed by atoms with E-state index in [4.69, 9.17) is 4.42 Å². The number of benzene rings is 2. The average Bonchev–Trinajstić information content (AvgIpc) is 2.91. The zero-order valence-corrected chi connectivity index (χ0v) is 11.4. The highest BCUT2D eigenvalue weighted by Gasteiger charge is 2.27. The Balaban J connectivity index is 2.09. The molecule has 0 fully saturated rings. The molecule has 0 aliphatic heterocycles. The second kappa shape index (κ2) is 5.69. The Morgan fingerprint density at radius 3 is 2.23 bits per heavy atom. The first-order valence-electron chi connectivity index (χ1n) is 6.59. The van der Waals surface area contributed by atoms with Crippen LogP contribution in [0.25, 0.3) is 11.5 Å². The van der Waals surface area contributed by atoms with Crippen molar-refractivity contribution in [1.29, 1.82) is 0 Å². The van der Waals surface area contributed by atoms with Crippen LogP contribution in [0.2, 0.25) is 0 Å². The van der Waals surface area contributed by atoms with E-state index in [0.29, 0.717) is 11.1 Å². The maximum Gasteiger partial charge on any atom is 0.438 e. The summed E-state index contributed by atoms with van der Waals surface area (Å²) in [6, 6.07) is 16.0. The average molecular weight is 296 g/mol. The number of aliphatic carboxylic acids is 1. The van der Waals surface area contributed by atoms with Crippen LogP contribution < -0.4 is 5.76 Å². The Morgan fingerprint density at radius 1 is 1.05 bits per heavy atom. The van der Waals surface area contributed by atoms with Crippen LogP contribution in [-0.2, 0) is 4.79 Å². The van der Waals surface area contributed by atoms with E-state index in [2.05, 4.69) is 5.10 Å². The minimum atomic E-state index is -1.23. The SMILES string of the molecule is O=C(O)C(c1ccccc1)n1nc(-c2ccccc2)oc1=O. The molecule has 0 bridgehead atoms. The number of nitrogens with zero attached hydrogens (tertiary/aromatic N) is 2. The number of aromatic nitrogens is 2. The van der Waals surface area contributed by atoms with Crippen molar-refractivity contribution in [2.45, 2.75) is 6.04 Å². The molecule has 1 N–H and O–H groups in total. The monoisotopic (exact) mass is 296 g/mol. The van der Waals surface area contributed by atoms with E-state index < -0.39 is 17.8 Å². The minimum Gasteiger partial charge on any atom is -0.479 e. The molecule has 0 aliphatic rings. The maximum atomic E-state index is 12.0. The van der Waals surface area contributed by atoms with Crippen molar-refractivity contribution in [3.63, 3.8) is 0 Å². The molecule has 6 nitrogen and oxygen atoms in total. The first-order chi connectivity index (χ1) is 10.7. The van der Waals surface area contributed by atoms with Gasteiger partial charge in [-0.3, -0.25) is 0 Å². The van der Waals surface area contributed by atoms with E-state index in [1.54, 1.807) is 54.6 Å². The van der Waals surface area contributed by atoms with E-state index in [0.717, 1.165) is 4.68 Å². The van der Waals surface area contributed by atoms with Crippen LogP contribution in [0.1, 0.15) is 11.6 Å². The van der Waals surface area contributed by atoms with Crippen molar-refractivity contribution in [1.82, 2.24) is 9.78 Å². The molecule has 0 saturated carbocycles. The van der Waals surface area contributed by atoms with Gasteiger partial charge in [-0.2, -0.15) is 4.68 Å². The second-order valence-corrected chi connectivity index (χ2v) is 4.64. The lowest BCUT2D eigenvalue weighted by molar-refractivity contribution is -0.140. The molecule has 110 valence electrons. The van der Waals surface area contributed by atoms with Crippen LogP contribution in [0.3, 0.4) is 0 Å². The van der Waals surface area contributed by atoms with Gasteiger partial charge in [0.05, 0.1) is 0 Å². The summed E-state index contributed by atoms with van der Waals surface area (Å²) in [4.78, 5) is 23.6. The summed E-state index contributed by atoms with van der Waals surface area (Å²) >= 11 is 0. The van der Waals surface area contributed by atoms with Crippen LogP contribution >= 0.6 is 0 Å². The summed E-state index contributed by atoms with van der Waals surface area (Å²) in [6.45, 7) is 0.